The maximum atomic E-state index is 12.2. The molecule has 0 aliphatic carbocycles. The first-order chi connectivity index (χ1) is 10.1. The molecule has 0 saturated carbocycles. The normalized spacial score (nSPS) is 10.4. The van der Waals surface area contributed by atoms with E-state index in [1.165, 1.54) is 18.2 Å². The number of hydrogen-bond acceptors (Lipinski definition) is 2. The van der Waals surface area contributed by atoms with E-state index in [1.807, 2.05) is 24.3 Å². The number of carbonyl (C=O) groups is 1. The highest BCUT2D eigenvalue weighted by atomic mass is 79.9. The average Bonchev–Trinajstić information content (AvgIpc) is 2.48. The van der Waals surface area contributed by atoms with Crippen molar-refractivity contribution in [3.8, 4) is 5.75 Å². The molecule has 2 aromatic carbocycles. The highest BCUT2D eigenvalue weighted by Gasteiger charge is 2.12. The highest BCUT2D eigenvalue weighted by Crippen LogP contribution is 2.23. The summed E-state index contributed by atoms with van der Waals surface area (Å²) in [4.78, 5) is 12.2. The molecule has 110 valence electrons. The Kier molecular flexibility index (Phi) is 5.65. The zero-order valence-corrected chi connectivity index (χ0v) is 13.6. The van der Waals surface area contributed by atoms with E-state index in [2.05, 4.69) is 21.2 Å². The quantitative estimate of drug-likeness (QED) is 0.756. The van der Waals surface area contributed by atoms with Gasteiger partial charge < -0.3 is 10.4 Å². The summed E-state index contributed by atoms with van der Waals surface area (Å²) in [7, 11) is 0. The summed E-state index contributed by atoms with van der Waals surface area (Å²) in [5.41, 5.74) is 2.02. The van der Waals surface area contributed by atoms with Crippen molar-refractivity contribution in [2.24, 2.45) is 0 Å². The Morgan fingerprint density at radius 3 is 2.81 bits per heavy atom. The summed E-state index contributed by atoms with van der Waals surface area (Å²) in [6, 6.07) is 12.1. The van der Waals surface area contributed by atoms with Crippen LogP contribution in [0, 0.1) is 0 Å². The van der Waals surface area contributed by atoms with Crippen molar-refractivity contribution in [3.05, 3.63) is 58.6 Å². The summed E-state index contributed by atoms with van der Waals surface area (Å²) in [6.07, 6.45) is 1.98. The zero-order chi connectivity index (χ0) is 15.2. The summed E-state index contributed by atoms with van der Waals surface area (Å²) >= 11 is 9.25. The molecule has 5 heteroatoms. The second-order valence-electron chi connectivity index (χ2n) is 4.61. The van der Waals surface area contributed by atoms with Crippen molar-refractivity contribution in [2.45, 2.75) is 12.8 Å². The van der Waals surface area contributed by atoms with Gasteiger partial charge in [-0.15, -0.1) is 0 Å². The first-order valence-electron chi connectivity index (χ1n) is 6.55. The van der Waals surface area contributed by atoms with Crippen molar-refractivity contribution in [1.82, 2.24) is 0 Å². The predicted octanol–water partition coefficient (Wildman–Crippen LogP) is 4.63. The topological polar surface area (TPSA) is 49.3 Å². The fraction of sp³-hybridized carbons (Fsp3) is 0.188. The van der Waals surface area contributed by atoms with Gasteiger partial charge in [0.15, 0.2) is 0 Å². The zero-order valence-electron chi connectivity index (χ0n) is 11.3. The molecule has 0 spiro atoms. The molecular weight excluding hydrogens is 354 g/mol. The van der Waals surface area contributed by atoms with Gasteiger partial charge in [0.2, 0.25) is 0 Å². The second-order valence-corrected chi connectivity index (χ2v) is 5.84. The largest absolute Gasteiger partial charge is 0.507 e. The van der Waals surface area contributed by atoms with Crippen molar-refractivity contribution in [1.29, 1.82) is 0 Å². The molecule has 2 aromatic rings. The number of phenols is 1. The van der Waals surface area contributed by atoms with Gasteiger partial charge in [0.1, 0.15) is 5.75 Å². The molecule has 0 atom stereocenters. The number of carbonyl (C=O) groups excluding carboxylic acids is 1. The van der Waals surface area contributed by atoms with E-state index in [4.69, 9.17) is 11.6 Å². The van der Waals surface area contributed by atoms with Crippen LogP contribution in [0.25, 0.3) is 0 Å². The van der Waals surface area contributed by atoms with E-state index in [9.17, 15) is 9.90 Å². The van der Waals surface area contributed by atoms with Gasteiger partial charge in [0.25, 0.3) is 5.91 Å². The third-order valence-electron chi connectivity index (χ3n) is 2.99. The van der Waals surface area contributed by atoms with Crippen molar-refractivity contribution in [3.63, 3.8) is 0 Å². The molecule has 0 aromatic heterocycles. The summed E-state index contributed by atoms with van der Waals surface area (Å²) in [5, 5.41) is 13.9. The number of aryl methyl sites for hydroxylation is 1. The maximum Gasteiger partial charge on any atom is 0.259 e. The lowest BCUT2D eigenvalue weighted by molar-refractivity contribution is 0.102. The van der Waals surface area contributed by atoms with Gasteiger partial charge in [0.05, 0.1) is 5.56 Å². The average molecular weight is 369 g/mol. The first-order valence-corrected chi connectivity index (χ1v) is 8.05. The van der Waals surface area contributed by atoms with Crippen LogP contribution in [0.4, 0.5) is 5.69 Å². The lowest BCUT2D eigenvalue weighted by Gasteiger charge is -2.09. The molecule has 0 aliphatic heterocycles. The van der Waals surface area contributed by atoms with Gasteiger partial charge in [-0.25, -0.2) is 0 Å². The predicted molar refractivity (Wildman–Crippen MR) is 89.6 cm³/mol. The van der Waals surface area contributed by atoms with Crippen LogP contribution in [-0.4, -0.2) is 16.3 Å². The first kappa shape index (κ1) is 15.9. The lowest BCUT2D eigenvalue weighted by Crippen LogP contribution is -2.12. The van der Waals surface area contributed by atoms with Crippen LogP contribution in [0.5, 0.6) is 5.75 Å². The Morgan fingerprint density at radius 1 is 1.24 bits per heavy atom. The Balaban J connectivity index is 2.14. The molecule has 2 rings (SSSR count). The van der Waals surface area contributed by atoms with E-state index in [0.29, 0.717) is 10.7 Å². The number of amides is 1. The molecule has 0 aliphatic rings. The van der Waals surface area contributed by atoms with Gasteiger partial charge >= 0.3 is 0 Å². The number of anilines is 1. The fourth-order valence-corrected chi connectivity index (χ4v) is 2.42. The summed E-state index contributed by atoms with van der Waals surface area (Å²) in [6.45, 7) is 0. The molecule has 3 nitrogen and oxygen atoms in total. The number of hydrogen-bond donors (Lipinski definition) is 2. The van der Waals surface area contributed by atoms with Gasteiger partial charge in [-0.1, -0.05) is 39.7 Å². The van der Waals surface area contributed by atoms with Crippen molar-refractivity contribution >= 4 is 39.1 Å². The minimum absolute atomic E-state index is 0.0904. The van der Waals surface area contributed by atoms with Crippen molar-refractivity contribution < 1.29 is 9.90 Å². The van der Waals surface area contributed by atoms with E-state index in [0.717, 1.165) is 23.7 Å². The van der Waals surface area contributed by atoms with Crippen LogP contribution >= 0.6 is 27.5 Å². The Morgan fingerprint density at radius 2 is 2.05 bits per heavy atom. The second kappa shape index (κ2) is 7.48. The third-order valence-corrected chi connectivity index (χ3v) is 3.78. The van der Waals surface area contributed by atoms with Crippen LogP contribution in [0.15, 0.2) is 42.5 Å². The van der Waals surface area contributed by atoms with E-state index >= 15 is 0 Å². The number of nitrogens with one attached hydrogen (secondary N) is 1. The Hall–Kier alpha value is -1.52. The Labute approximate surface area is 137 Å². The maximum absolute atomic E-state index is 12.2. The fourth-order valence-electron chi connectivity index (χ4n) is 1.96. The molecule has 0 fully saturated rings. The van der Waals surface area contributed by atoms with Gasteiger partial charge in [-0.2, -0.15) is 0 Å². The molecule has 1 amide bonds. The monoisotopic (exact) mass is 367 g/mol. The van der Waals surface area contributed by atoms with E-state index in [-0.39, 0.29) is 17.2 Å². The standard InChI is InChI=1S/C16H15BrClNO2/c17-8-2-4-11-3-1-5-13(9-11)19-16(21)14-10-12(18)6-7-15(14)20/h1,3,5-7,9-10,20H,2,4,8H2,(H,19,21). The summed E-state index contributed by atoms with van der Waals surface area (Å²) in [5.74, 6) is -0.472. The number of alkyl halides is 1. The van der Waals surface area contributed by atoms with Crippen LogP contribution in [-0.2, 0) is 6.42 Å². The summed E-state index contributed by atoms with van der Waals surface area (Å²) < 4.78 is 0. The number of rotatable bonds is 5. The number of aromatic hydroxyl groups is 1. The number of benzene rings is 2. The van der Waals surface area contributed by atoms with Crippen LogP contribution in [0.1, 0.15) is 22.3 Å². The third kappa shape index (κ3) is 4.48. The molecule has 0 unspecified atom stereocenters. The minimum atomic E-state index is -0.382. The van der Waals surface area contributed by atoms with Crippen LogP contribution < -0.4 is 5.32 Å². The van der Waals surface area contributed by atoms with Gasteiger partial charge in [-0.05, 0) is 48.7 Å². The molecular formula is C16H15BrClNO2. The smallest absolute Gasteiger partial charge is 0.259 e. The highest BCUT2D eigenvalue weighted by molar-refractivity contribution is 9.09. The van der Waals surface area contributed by atoms with Gasteiger partial charge in [-0.3, -0.25) is 4.79 Å². The lowest BCUT2D eigenvalue weighted by atomic mass is 10.1. The Bertz CT molecular complexity index is 646. The molecule has 0 heterocycles. The molecule has 0 bridgehead atoms. The molecule has 21 heavy (non-hydrogen) atoms. The SMILES string of the molecule is O=C(Nc1cccc(CCCBr)c1)c1cc(Cl)ccc1O. The number of phenolic OH excluding ortho intramolecular Hbond substituents is 1. The minimum Gasteiger partial charge on any atom is -0.507 e. The molecule has 0 saturated heterocycles. The van der Waals surface area contributed by atoms with Crippen LogP contribution in [0.2, 0.25) is 5.02 Å². The number of halogens is 2. The van der Waals surface area contributed by atoms with Crippen LogP contribution in [0.3, 0.4) is 0 Å². The molecule has 0 radical (unpaired) electrons. The molecule has 2 N–H and O–H groups in total. The van der Waals surface area contributed by atoms with E-state index in [1.54, 1.807) is 0 Å². The van der Waals surface area contributed by atoms with Crippen molar-refractivity contribution in [2.75, 3.05) is 10.6 Å². The van der Waals surface area contributed by atoms with E-state index < -0.39 is 0 Å². The van der Waals surface area contributed by atoms with Gasteiger partial charge in [0, 0.05) is 16.0 Å².